The zero-order valence-electron chi connectivity index (χ0n) is 8.95. The van der Waals surface area contributed by atoms with Crippen molar-refractivity contribution in [2.45, 2.75) is 32.7 Å². The van der Waals surface area contributed by atoms with Crippen molar-refractivity contribution in [3.63, 3.8) is 0 Å². The van der Waals surface area contributed by atoms with Gasteiger partial charge >= 0.3 is 0 Å². The molecule has 0 radical (unpaired) electrons. The van der Waals surface area contributed by atoms with E-state index in [-0.39, 0.29) is 5.54 Å². The Morgan fingerprint density at radius 1 is 1.64 bits per heavy atom. The van der Waals surface area contributed by atoms with Gasteiger partial charge in [-0.15, -0.1) is 0 Å². The summed E-state index contributed by atoms with van der Waals surface area (Å²) in [6.45, 7) is 7.10. The van der Waals surface area contributed by atoms with E-state index >= 15 is 0 Å². The lowest BCUT2D eigenvalue weighted by atomic mass is 9.91. The van der Waals surface area contributed by atoms with Gasteiger partial charge in [0.1, 0.15) is 6.33 Å². The van der Waals surface area contributed by atoms with Crippen LogP contribution in [0.5, 0.6) is 0 Å². The summed E-state index contributed by atoms with van der Waals surface area (Å²) in [7, 11) is 0. The van der Waals surface area contributed by atoms with Crippen molar-refractivity contribution < 1.29 is 0 Å². The Morgan fingerprint density at radius 2 is 2.36 bits per heavy atom. The molecule has 0 fully saturated rings. The lowest BCUT2D eigenvalue weighted by Gasteiger charge is -2.30. The average molecular weight is 214 g/mol. The molecule has 1 atom stereocenters. The van der Waals surface area contributed by atoms with Crippen LogP contribution in [0.4, 0.5) is 5.13 Å². The normalized spacial score (nSPS) is 15.5. The number of nitrogens with one attached hydrogen (secondary N) is 1. The Kier molecular flexibility index (Phi) is 3.83. The van der Waals surface area contributed by atoms with E-state index in [1.54, 1.807) is 6.33 Å². The zero-order chi connectivity index (χ0) is 10.6. The number of anilines is 1. The van der Waals surface area contributed by atoms with E-state index in [4.69, 9.17) is 5.73 Å². The van der Waals surface area contributed by atoms with Gasteiger partial charge in [-0.3, -0.25) is 0 Å². The molecule has 80 valence electrons. The number of nitrogens with two attached hydrogens (primary N) is 1. The van der Waals surface area contributed by atoms with Crippen LogP contribution in [0.25, 0.3) is 0 Å². The van der Waals surface area contributed by atoms with Crippen LogP contribution in [0.2, 0.25) is 0 Å². The maximum absolute atomic E-state index is 5.77. The predicted molar refractivity (Wildman–Crippen MR) is 60.4 cm³/mol. The summed E-state index contributed by atoms with van der Waals surface area (Å²) in [4.78, 5) is 4.10. The van der Waals surface area contributed by atoms with Crippen molar-refractivity contribution in [3.8, 4) is 0 Å². The molecule has 1 unspecified atom stereocenters. The molecule has 0 amide bonds. The zero-order valence-corrected chi connectivity index (χ0v) is 9.77. The summed E-state index contributed by atoms with van der Waals surface area (Å²) >= 11 is 1.36. The van der Waals surface area contributed by atoms with E-state index in [1.807, 2.05) is 0 Å². The molecule has 0 spiro atoms. The van der Waals surface area contributed by atoms with Crippen molar-refractivity contribution in [2.75, 3.05) is 11.9 Å². The molecule has 1 aromatic rings. The van der Waals surface area contributed by atoms with E-state index in [0.29, 0.717) is 12.5 Å². The van der Waals surface area contributed by atoms with Crippen LogP contribution in [0.3, 0.4) is 0 Å². The molecule has 0 bridgehead atoms. The number of rotatable bonds is 5. The number of hydrogen-bond acceptors (Lipinski definition) is 5. The fraction of sp³-hybridized carbons (Fsp3) is 0.778. The third-order valence-corrected chi connectivity index (χ3v) is 2.66. The monoisotopic (exact) mass is 214 g/mol. The van der Waals surface area contributed by atoms with Gasteiger partial charge in [0, 0.05) is 23.6 Å². The lowest BCUT2D eigenvalue weighted by Crippen LogP contribution is -2.43. The van der Waals surface area contributed by atoms with Crippen LogP contribution in [0.1, 0.15) is 27.2 Å². The van der Waals surface area contributed by atoms with Gasteiger partial charge in [0.2, 0.25) is 5.13 Å². The van der Waals surface area contributed by atoms with E-state index in [0.717, 1.165) is 11.6 Å². The molecule has 0 aliphatic rings. The molecule has 3 N–H and O–H groups in total. The smallest absolute Gasteiger partial charge is 0.202 e. The van der Waals surface area contributed by atoms with E-state index in [2.05, 4.69) is 35.4 Å². The largest absolute Gasteiger partial charge is 0.354 e. The van der Waals surface area contributed by atoms with Crippen LogP contribution in [-0.4, -0.2) is 21.4 Å². The van der Waals surface area contributed by atoms with Crippen molar-refractivity contribution in [1.29, 1.82) is 0 Å². The highest BCUT2D eigenvalue weighted by atomic mass is 32.1. The number of hydrogen-bond donors (Lipinski definition) is 2. The minimum Gasteiger partial charge on any atom is -0.354 e. The number of aromatic nitrogens is 2. The Labute approximate surface area is 89.1 Å². The number of nitrogens with zero attached hydrogens (tertiary/aromatic N) is 2. The quantitative estimate of drug-likeness (QED) is 0.783. The summed E-state index contributed by atoms with van der Waals surface area (Å²) in [5, 5.41) is 4.18. The highest BCUT2D eigenvalue weighted by molar-refractivity contribution is 7.09. The van der Waals surface area contributed by atoms with Crippen molar-refractivity contribution in [3.05, 3.63) is 6.33 Å². The van der Waals surface area contributed by atoms with Crippen molar-refractivity contribution in [2.24, 2.45) is 11.7 Å². The Morgan fingerprint density at radius 3 is 2.79 bits per heavy atom. The second kappa shape index (κ2) is 4.70. The minimum absolute atomic E-state index is 0.0757. The first-order valence-corrected chi connectivity index (χ1v) is 5.58. The Balaban J connectivity index is 2.61. The molecule has 0 aliphatic heterocycles. The van der Waals surface area contributed by atoms with Gasteiger partial charge in [-0.25, -0.2) is 4.98 Å². The molecule has 0 aromatic carbocycles. The third kappa shape index (κ3) is 3.23. The van der Waals surface area contributed by atoms with Crippen molar-refractivity contribution in [1.82, 2.24) is 9.36 Å². The van der Waals surface area contributed by atoms with Gasteiger partial charge in [0.15, 0.2) is 0 Å². The topological polar surface area (TPSA) is 63.8 Å². The summed E-state index contributed by atoms with van der Waals surface area (Å²) in [6, 6.07) is 0. The maximum Gasteiger partial charge on any atom is 0.202 e. The van der Waals surface area contributed by atoms with Crippen LogP contribution < -0.4 is 11.1 Å². The second-order valence-corrected chi connectivity index (χ2v) is 5.01. The van der Waals surface area contributed by atoms with Crippen LogP contribution in [-0.2, 0) is 0 Å². The standard InChI is InChI=1S/C9H18N4S/c1-7(2)4-9(3,5-10)13-8-11-6-12-14-8/h6-7H,4-5,10H2,1-3H3,(H,11,12,13). The fourth-order valence-electron chi connectivity index (χ4n) is 1.57. The minimum atomic E-state index is -0.0757. The average Bonchev–Trinajstić information content (AvgIpc) is 2.55. The second-order valence-electron chi connectivity index (χ2n) is 4.23. The predicted octanol–water partition coefficient (Wildman–Crippen LogP) is 1.71. The summed E-state index contributed by atoms with van der Waals surface area (Å²) < 4.78 is 3.95. The Bertz CT molecular complexity index is 260. The van der Waals surface area contributed by atoms with E-state index < -0.39 is 0 Å². The molecule has 0 aliphatic carbocycles. The Hall–Kier alpha value is -0.680. The molecule has 1 rings (SSSR count). The van der Waals surface area contributed by atoms with Crippen LogP contribution in [0, 0.1) is 5.92 Å². The summed E-state index contributed by atoms with van der Waals surface area (Å²) in [5.74, 6) is 0.615. The molecule has 5 heteroatoms. The van der Waals surface area contributed by atoms with Gasteiger partial charge in [0.05, 0.1) is 0 Å². The highest BCUT2D eigenvalue weighted by Gasteiger charge is 2.24. The SMILES string of the molecule is CC(C)CC(C)(CN)Nc1ncns1. The van der Waals surface area contributed by atoms with Crippen LogP contribution >= 0.6 is 11.5 Å². The third-order valence-electron chi connectivity index (χ3n) is 2.08. The van der Waals surface area contributed by atoms with Crippen molar-refractivity contribution >= 4 is 16.7 Å². The van der Waals surface area contributed by atoms with Gasteiger partial charge in [-0.2, -0.15) is 4.37 Å². The summed E-state index contributed by atoms with van der Waals surface area (Å²) in [5.41, 5.74) is 5.69. The van der Waals surface area contributed by atoms with Gasteiger partial charge in [-0.05, 0) is 19.3 Å². The van der Waals surface area contributed by atoms with Crippen LogP contribution in [0.15, 0.2) is 6.33 Å². The first-order chi connectivity index (χ1) is 6.56. The molecule has 14 heavy (non-hydrogen) atoms. The van der Waals surface area contributed by atoms with E-state index in [9.17, 15) is 0 Å². The maximum atomic E-state index is 5.77. The van der Waals surface area contributed by atoms with Gasteiger partial charge in [-0.1, -0.05) is 13.8 Å². The molecule has 1 heterocycles. The molecule has 0 saturated carbocycles. The highest BCUT2D eigenvalue weighted by Crippen LogP contribution is 2.21. The first-order valence-electron chi connectivity index (χ1n) is 4.81. The molecule has 1 aromatic heterocycles. The van der Waals surface area contributed by atoms with E-state index in [1.165, 1.54) is 11.5 Å². The van der Waals surface area contributed by atoms with Gasteiger partial charge in [0.25, 0.3) is 0 Å². The van der Waals surface area contributed by atoms with Gasteiger partial charge < -0.3 is 11.1 Å². The lowest BCUT2D eigenvalue weighted by molar-refractivity contribution is 0.407. The fourth-order valence-corrected chi connectivity index (χ4v) is 2.15. The molecular weight excluding hydrogens is 196 g/mol. The molecular formula is C9H18N4S. The molecule has 0 saturated heterocycles. The summed E-state index contributed by atoms with van der Waals surface area (Å²) in [6.07, 6.45) is 2.59. The first kappa shape index (κ1) is 11.4. The molecule has 4 nitrogen and oxygen atoms in total.